The number of hydrogen-bond donors (Lipinski definition) is 0. The van der Waals surface area contributed by atoms with Gasteiger partial charge in [-0.25, -0.2) is 0 Å². The van der Waals surface area contributed by atoms with E-state index in [0.717, 1.165) is 0 Å². The smallest absolute Gasteiger partial charge is 0.0434 e. The summed E-state index contributed by atoms with van der Waals surface area (Å²) in [4.78, 5) is 0. The Morgan fingerprint density at radius 2 is 2.00 bits per heavy atom. The Kier molecular flexibility index (Phi) is 3.18. The van der Waals surface area contributed by atoms with E-state index in [0.29, 0.717) is 5.88 Å². The van der Waals surface area contributed by atoms with E-state index in [1.165, 1.54) is 11.1 Å². The molecule has 11 heavy (non-hydrogen) atoms. The first kappa shape index (κ1) is 8.35. The van der Waals surface area contributed by atoms with Gasteiger partial charge in [-0.2, -0.15) is 0 Å². The van der Waals surface area contributed by atoms with E-state index in [4.69, 9.17) is 11.6 Å². The molecule has 0 fully saturated rings. The first-order valence-corrected chi connectivity index (χ1v) is 4.14. The quantitative estimate of drug-likeness (QED) is 0.592. The predicted molar refractivity (Wildman–Crippen MR) is 50.8 cm³/mol. The molecule has 0 N–H and O–H groups in total. The Morgan fingerprint density at radius 1 is 1.36 bits per heavy atom. The van der Waals surface area contributed by atoms with E-state index in [1.807, 2.05) is 25.1 Å². The fourth-order valence-electron chi connectivity index (χ4n) is 0.872. The number of alkyl halides is 1. The zero-order valence-electron chi connectivity index (χ0n) is 6.55. The van der Waals surface area contributed by atoms with Crippen molar-refractivity contribution >= 4 is 17.7 Å². The third kappa shape index (κ3) is 2.77. The SMILES string of the molecule is CC(=Cc1ccccc1)CCl. The lowest BCUT2D eigenvalue weighted by atomic mass is 10.2. The summed E-state index contributed by atoms with van der Waals surface area (Å²) in [6.07, 6.45) is 2.09. The topological polar surface area (TPSA) is 0 Å². The van der Waals surface area contributed by atoms with Gasteiger partial charge in [-0.3, -0.25) is 0 Å². The molecule has 0 aromatic heterocycles. The van der Waals surface area contributed by atoms with Crippen molar-refractivity contribution in [2.75, 3.05) is 5.88 Å². The lowest BCUT2D eigenvalue weighted by molar-refractivity contribution is 1.43. The van der Waals surface area contributed by atoms with Crippen molar-refractivity contribution in [1.82, 2.24) is 0 Å². The van der Waals surface area contributed by atoms with Crippen molar-refractivity contribution in [3.05, 3.63) is 41.5 Å². The van der Waals surface area contributed by atoms with Gasteiger partial charge in [0, 0.05) is 5.88 Å². The van der Waals surface area contributed by atoms with Crippen LogP contribution < -0.4 is 0 Å². The first-order valence-electron chi connectivity index (χ1n) is 3.61. The summed E-state index contributed by atoms with van der Waals surface area (Å²) in [5.41, 5.74) is 2.41. The molecule has 0 saturated carbocycles. The maximum atomic E-state index is 5.63. The molecule has 58 valence electrons. The summed E-state index contributed by atoms with van der Waals surface area (Å²) in [6, 6.07) is 10.2. The maximum Gasteiger partial charge on any atom is 0.0434 e. The zero-order chi connectivity index (χ0) is 8.10. The lowest BCUT2D eigenvalue weighted by Crippen LogP contribution is -1.76. The molecule has 0 aliphatic heterocycles. The molecule has 0 nitrogen and oxygen atoms in total. The average Bonchev–Trinajstić information content (AvgIpc) is 2.06. The predicted octanol–water partition coefficient (Wildman–Crippen LogP) is 3.33. The van der Waals surface area contributed by atoms with Crippen LogP contribution in [0, 0.1) is 0 Å². The van der Waals surface area contributed by atoms with Gasteiger partial charge in [-0.15, -0.1) is 11.6 Å². The van der Waals surface area contributed by atoms with Crippen LogP contribution in [0.3, 0.4) is 0 Å². The van der Waals surface area contributed by atoms with Crippen LogP contribution in [0.25, 0.3) is 6.08 Å². The van der Waals surface area contributed by atoms with E-state index in [2.05, 4.69) is 18.2 Å². The van der Waals surface area contributed by atoms with Crippen LogP contribution in [0.4, 0.5) is 0 Å². The summed E-state index contributed by atoms with van der Waals surface area (Å²) in [5, 5.41) is 0. The highest BCUT2D eigenvalue weighted by atomic mass is 35.5. The largest absolute Gasteiger partial charge is 0.122 e. The molecule has 0 aliphatic rings. The molecule has 0 heterocycles. The number of halogens is 1. The molecule has 0 unspecified atom stereocenters. The molecule has 0 saturated heterocycles. The second kappa shape index (κ2) is 4.20. The Balaban J connectivity index is 2.79. The second-order valence-corrected chi connectivity index (χ2v) is 2.80. The van der Waals surface area contributed by atoms with Crippen molar-refractivity contribution in [2.24, 2.45) is 0 Å². The van der Waals surface area contributed by atoms with E-state index in [1.54, 1.807) is 0 Å². The normalized spacial score (nSPS) is 11.6. The van der Waals surface area contributed by atoms with Crippen LogP contribution in [0.1, 0.15) is 12.5 Å². The van der Waals surface area contributed by atoms with Crippen molar-refractivity contribution in [3.63, 3.8) is 0 Å². The number of allylic oxidation sites excluding steroid dienone is 1. The second-order valence-electron chi connectivity index (χ2n) is 2.54. The maximum absolute atomic E-state index is 5.63. The summed E-state index contributed by atoms with van der Waals surface area (Å²) < 4.78 is 0. The van der Waals surface area contributed by atoms with Gasteiger partial charge in [-0.05, 0) is 12.5 Å². The minimum atomic E-state index is 0.606. The van der Waals surface area contributed by atoms with Crippen LogP contribution in [-0.2, 0) is 0 Å². The Labute approximate surface area is 72.5 Å². The fourth-order valence-corrected chi connectivity index (χ4v) is 0.950. The van der Waals surface area contributed by atoms with Crippen molar-refractivity contribution in [2.45, 2.75) is 6.92 Å². The van der Waals surface area contributed by atoms with Crippen molar-refractivity contribution in [1.29, 1.82) is 0 Å². The van der Waals surface area contributed by atoms with Crippen LogP contribution in [0.5, 0.6) is 0 Å². The molecular weight excluding hydrogens is 156 g/mol. The summed E-state index contributed by atoms with van der Waals surface area (Å²) in [7, 11) is 0. The third-order valence-corrected chi connectivity index (χ3v) is 1.84. The fraction of sp³-hybridized carbons (Fsp3) is 0.200. The van der Waals surface area contributed by atoms with Crippen LogP contribution in [0.15, 0.2) is 35.9 Å². The van der Waals surface area contributed by atoms with E-state index >= 15 is 0 Å². The van der Waals surface area contributed by atoms with Gasteiger partial charge < -0.3 is 0 Å². The van der Waals surface area contributed by atoms with Gasteiger partial charge in [0.2, 0.25) is 0 Å². The summed E-state index contributed by atoms with van der Waals surface area (Å²) >= 11 is 5.63. The molecule has 0 bridgehead atoms. The molecule has 1 heteroatoms. The average molecular weight is 167 g/mol. The third-order valence-electron chi connectivity index (χ3n) is 1.42. The van der Waals surface area contributed by atoms with E-state index in [-0.39, 0.29) is 0 Å². The summed E-state index contributed by atoms with van der Waals surface area (Å²) in [5.74, 6) is 0.606. The molecule has 1 rings (SSSR count). The monoisotopic (exact) mass is 166 g/mol. The highest BCUT2D eigenvalue weighted by Crippen LogP contribution is 2.06. The molecule has 0 radical (unpaired) electrons. The standard InChI is InChI=1S/C10H11Cl/c1-9(8-11)7-10-5-3-2-4-6-10/h2-7H,8H2,1H3. The molecule has 0 amide bonds. The molecular formula is C10H11Cl. The van der Waals surface area contributed by atoms with Gasteiger partial charge in [0.15, 0.2) is 0 Å². The van der Waals surface area contributed by atoms with Gasteiger partial charge in [0.1, 0.15) is 0 Å². The Morgan fingerprint density at radius 3 is 2.55 bits per heavy atom. The van der Waals surface area contributed by atoms with Gasteiger partial charge in [0.25, 0.3) is 0 Å². The van der Waals surface area contributed by atoms with E-state index < -0.39 is 0 Å². The van der Waals surface area contributed by atoms with E-state index in [9.17, 15) is 0 Å². The van der Waals surface area contributed by atoms with Gasteiger partial charge >= 0.3 is 0 Å². The number of hydrogen-bond acceptors (Lipinski definition) is 0. The zero-order valence-corrected chi connectivity index (χ0v) is 7.31. The van der Waals surface area contributed by atoms with Gasteiger partial charge in [-0.1, -0.05) is 42.0 Å². The van der Waals surface area contributed by atoms with Crippen LogP contribution >= 0.6 is 11.6 Å². The Bertz CT molecular complexity index is 236. The molecule has 1 aromatic carbocycles. The summed E-state index contributed by atoms with van der Waals surface area (Å²) in [6.45, 7) is 2.03. The highest BCUT2D eigenvalue weighted by Gasteiger charge is 1.86. The number of rotatable bonds is 2. The molecule has 0 aliphatic carbocycles. The van der Waals surface area contributed by atoms with Crippen molar-refractivity contribution in [3.8, 4) is 0 Å². The van der Waals surface area contributed by atoms with Crippen LogP contribution in [-0.4, -0.2) is 5.88 Å². The highest BCUT2D eigenvalue weighted by molar-refractivity contribution is 6.19. The number of benzene rings is 1. The minimum Gasteiger partial charge on any atom is -0.122 e. The van der Waals surface area contributed by atoms with Crippen molar-refractivity contribution < 1.29 is 0 Å². The molecule has 1 aromatic rings. The lowest BCUT2D eigenvalue weighted by Gasteiger charge is -1.94. The van der Waals surface area contributed by atoms with Crippen LogP contribution in [0.2, 0.25) is 0 Å². The molecule has 0 atom stereocenters. The Hall–Kier alpha value is -0.750. The first-order chi connectivity index (χ1) is 5.33. The molecule has 0 spiro atoms. The van der Waals surface area contributed by atoms with Gasteiger partial charge in [0.05, 0.1) is 0 Å². The minimum absolute atomic E-state index is 0.606.